The highest BCUT2D eigenvalue weighted by Crippen LogP contribution is 2.36. The Kier molecular flexibility index (Phi) is 4.47. The summed E-state index contributed by atoms with van der Waals surface area (Å²) in [6.45, 7) is 12.1. The van der Waals surface area contributed by atoms with Crippen LogP contribution in [-0.4, -0.2) is 28.9 Å². The summed E-state index contributed by atoms with van der Waals surface area (Å²) in [5.41, 5.74) is -0.989. The van der Waals surface area contributed by atoms with Gasteiger partial charge in [-0.1, -0.05) is 12.5 Å². The first-order valence-electron chi connectivity index (χ1n) is 7.72. The van der Waals surface area contributed by atoms with Gasteiger partial charge in [-0.3, -0.25) is 4.90 Å². The summed E-state index contributed by atoms with van der Waals surface area (Å²) in [6, 6.07) is 0. The number of amides is 1. The molecule has 0 bridgehead atoms. The molecule has 0 unspecified atom stereocenters. The summed E-state index contributed by atoms with van der Waals surface area (Å²) in [7, 11) is 0. The topological polar surface area (TPSA) is 38.8 Å². The Morgan fingerprint density at radius 2 is 1.95 bits per heavy atom. The molecule has 21 heavy (non-hydrogen) atoms. The Morgan fingerprint density at radius 1 is 1.29 bits per heavy atom. The van der Waals surface area contributed by atoms with Gasteiger partial charge in [0.05, 0.1) is 18.4 Å². The molecule has 4 nitrogen and oxygen atoms in total. The molecule has 1 saturated heterocycles. The number of carbonyl (C=O) groups is 1. The zero-order valence-electron chi connectivity index (χ0n) is 13.6. The largest absolute Gasteiger partial charge is 0.418 e. The third kappa shape index (κ3) is 3.31. The number of carbonyl (C=O) groups excluding carboxylic acids is 1. The first kappa shape index (κ1) is 16.1. The van der Waals surface area contributed by atoms with Crippen LogP contribution in [0.25, 0.3) is 0 Å². The first-order chi connectivity index (χ1) is 9.78. The highest BCUT2D eigenvalue weighted by molar-refractivity contribution is 5.70. The van der Waals surface area contributed by atoms with Crippen molar-refractivity contribution >= 4 is 6.09 Å². The van der Waals surface area contributed by atoms with Gasteiger partial charge >= 0.3 is 6.09 Å². The maximum absolute atomic E-state index is 12.4. The molecule has 0 spiro atoms. The van der Waals surface area contributed by atoms with Crippen molar-refractivity contribution in [3.05, 3.63) is 25.0 Å². The lowest BCUT2D eigenvalue weighted by atomic mass is 9.96. The van der Waals surface area contributed by atoms with E-state index in [0.717, 1.165) is 6.42 Å². The van der Waals surface area contributed by atoms with Gasteiger partial charge in [0.1, 0.15) is 5.72 Å². The average Bonchev–Trinajstić information content (AvgIpc) is 2.91. The van der Waals surface area contributed by atoms with E-state index in [0.29, 0.717) is 18.4 Å². The van der Waals surface area contributed by atoms with E-state index in [1.165, 1.54) is 12.8 Å². The van der Waals surface area contributed by atoms with Gasteiger partial charge in [-0.25, -0.2) is 4.79 Å². The molecule has 1 amide bonds. The Hall–Kier alpha value is -1.29. The third-order valence-electron chi connectivity index (χ3n) is 4.53. The summed E-state index contributed by atoms with van der Waals surface area (Å²) >= 11 is 0. The molecule has 0 N–H and O–H groups in total. The number of allylic oxidation sites excluding steroid dienone is 2. The van der Waals surface area contributed by atoms with Crippen LogP contribution < -0.4 is 0 Å². The summed E-state index contributed by atoms with van der Waals surface area (Å²) in [4.78, 5) is 14.0. The quantitative estimate of drug-likeness (QED) is 0.581. The van der Waals surface area contributed by atoms with Gasteiger partial charge in [-0.05, 0) is 58.4 Å². The molecule has 1 aliphatic carbocycles. The maximum atomic E-state index is 12.4. The summed E-state index contributed by atoms with van der Waals surface area (Å²) in [6.07, 6.45) is 8.70. The van der Waals surface area contributed by atoms with Crippen molar-refractivity contribution in [2.75, 3.05) is 6.61 Å². The van der Waals surface area contributed by atoms with E-state index in [2.05, 4.69) is 6.58 Å². The number of rotatable bonds is 3. The van der Waals surface area contributed by atoms with E-state index in [4.69, 9.17) is 9.47 Å². The standard InChI is InChI=1S/C17H27NO3/c1-6-13-8-7-9-14(13)10-11-20-15(19)18-16(2,3)12-21-17(18,4)5/h6,10-11,13-14H,1,7-9,12H2,2-5H3/b11-10+/t13-,14-/m0/s1. The fraction of sp³-hybridized carbons (Fsp3) is 0.706. The fourth-order valence-corrected chi connectivity index (χ4v) is 3.48. The zero-order chi connectivity index (χ0) is 15.7. The normalized spacial score (nSPS) is 30.8. The van der Waals surface area contributed by atoms with Gasteiger partial charge in [-0.15, -0.1) is 6.58 Å². The maximum Gasteiger partial charge on any atom is 0.417 e. The SMILES string of the molecule is C=C[C@H]1CCC[C@H]1/C=C/OC(=O)N1C(C)(C)COC1(C)C. The lowest BCUT2D eigenvalue weighted by Crippen LogP contribution is -2.52. The molecule has 2 atom stereocenters. The molecule has 0 aromatic rings. The number of ether oxygens (including phenoxy) is 2. The van der Waals surface area contributed by atoms with Crippen molar-refractivity contribution in [1.82, 2.24) is 4.90 Å². The molecule has 0 aromatic carbocycles. The summed E-state index contributed by atoms with van der Waals surface area (Å²) in [5, 5.41) is 0. The molecule has 2 fully saturated rings. The number of nitrogens with zero attached hydrogens (tertiary/aromatic N) is 1. The Morgan fingerprint density at radius 3 is 2.52 bits per heavy atom. The Balaban J connectivity index is 1.97. The summed E-state index contributed by atoms with van der Waals surface area (Å²) in [5.74, 6) is 0.939. The van der Waals surface area contributed by atoms with Crippen molar-refractivity contribution in [3.8, 4) is 0 Å². The lowest BCUT2D eigenvalue weighted by molar-refractivity contribution is -0.0463. The highest BCUT2D eigenvalue weighted by atomic mass is 16.6. The van der Waals surface area contributed by atoms with Gasteiger partial charge in [0.25, 0.3) is 0 Å². The molecule has 0 aromatic heterocycles. The van der Waals surface area contributed by atoms with Gasteiger partial charge in [0, 0.05) is 0 Å². The predicted octanol–water partition coefficient (Wildman–Crippen LogP) is 4.09. The van der Waals surface area contributed by atoms with E-state index in [1.807, 2.05) is 39.8 Å². The van der Waals surface area contributed by atoms with Crippen LogP contribution in [0.15, 0.2) is 25.0 Å². The predicted molar refractivity (Wildman–Crippen MR) is 82.6 cm³/mol. The van der Waals surface area contributed by atoms with Gasteiger partial charge in [0.2, 0.25) is 0 Å². The molecule has 1 saturated carbocycles. The molecular weight excluding hydrogens is 266 g/mol. The van der Waals surface area contributed by atoms with Gasteiger partial charge in [0.15, 0.2) is 0 Å². The van der Waals surface area contributed by atoms with E-state index < -0.39 is 5.72 Å². The zero-order valence-corrected chi connectivity index (χ0v) is 13.6. The fourth-order valence-electron chi connectivity index (χ4n) is 3.48. The molecular formula is C17H27NO3. The minimum atomic E-state index is -0.633. The molecule has 4 heteroatoms. The second kappa shape index (κ2) is 5.84. The molecule has 2 aliphatic rings. The van der Waals surface area contributed by atoms with Crippen LogP contribution in [0.5, 0.6) is 0 Å². The second-order valence-electron chi connectivity index (χ2n) is 7.09. The minimum absolute atomic E-state index is 0.355. The van der Waals surface area contributed by atoms with Gasteiger partial charge < -0.3 is 9.47 Å². The van der Waals surface area contributed by atoms with Crippen molar-refractivity contribution in [2.24, 2.45) is 11.8 Å². The van der Waals surface area contributed by atoms with Crippen LogP contribution in [0.4, 0.5) is 4.79 Å². The van der Waals surface area contributed by atoms with E-state index >= 15 is 0 Å². The molecule has 118 valence electrons. The molecule has 1 aliphatic heterocycles. The smallest absolute Gasteiger partial charge is 0.417 e. The van der Waals surface area contributed by atoms with Crippen molar-refractivity contribution < 1.29 is 14.3 Å². The van der Waals surface area contributed by atoms with Crippen LogP contribution in [0.3, 0.4) is 0 Å². The highest BCUT2D eigenvalue weighted by Gasteiger charge is 2.49. The van der Waals surface area contributed by atoms with E-state index in [-0.39, 0.29) is 11.6 Å². The number of hydrogen-bond donors (Lipinski definition) is 0. The summed E-state index contributed by atoms with van der Waals surface area (Å²) < 4.78 is 11.0. The average molecular weight is 293 g/mol. The minimum Gasteiger partial charge on any atom is -0.418 e. The molecule has 2 rings (SSSR count). The second-order valence-corrected chi connectivity index (χ2v) is 7.09. The third-order valence-corrected chi connectivity index (χ3v) is 4.53. The Bertz CT molecular complexity index is 423. The van der Waals surface area contributed by atoms with E-state index in [1.54, 1.807) is 11.2 Å². The van der Waals surface area contributed by atoms with Crippen LogP contribution in [0.1, 0.15) is 47.0 Å². The van der Waals surface area contributed by atoms with Crippen LogP contribution >= 0.6 is 0 Å². The van der Waals surface area contributed by atoms with Crippen LogP contribution in [0.2, 0.25) is 0 Å². The van der Waals surface area contributed by atoms with E-state index in [9.17, 15) is 4.79 Å². The first-order valence-corrected chi connectivity index (χ1v) is 7.72. The van der Waals surface area contributed by atoms with Crippen molar-refractivity contribution in [3.63, 3.8) is 0 Å². The Labute approximate surface area is 127 Å². The van der Waals surface area contributed by atoms with Gasteiger partial charge in [-0.2, -0.15) is 0 Å². The number of hydrogen-bond acceptors (Lipinski definition) is 3. The van der Waals surface area contributed by atoms with Crippen LogP contribution in [-0.2, 0) is 9.47 Å². The molecule has 1 heterocycles. The lowest BCUT2D eigenvalue weighted by Gasteiger charge is -2.36. The van der Waals surface area contributed by atoms with Crippen molar-refractivity contribution in [2.45, 2.75) is 58.2 Å². The van der Waals surface area contributed by atoms with Crippen LogP contribution in [0, 0.1) is 11.8 Å². The molecule has 0 radical (unpaired) electrons. The van der Waals surface area contributed by atoms with Crippen molar-refractivity contribution in [1.29, 1.82) is 0 Å². The monoisotopic (exact) mass is 293 g/mol.